The second-order valence-corrected chi connectivity index (χ2v) is 4.50. The summed E-state index contributed by atoms with van der Waals surface area (Å²) in [6.07, 6.45) is 0.727. The maximum absolute atomic E-state index is 12.0. The van der Waals surface area contributed by atoms with Crippen molar-refractivity contribution in [1.29, 1.82) is 0 Å². The van der Waals surface area contributed by atoms with Gasteiger partial charge in [0.2, 0.25) is 0 Å². The van der Waals surface area contributed by atoms with E-state index in [1.807, 2.05) is 13.0 Å². The van der Waals surface area contributed by atoms with Gasteiger partial charge in [0, 0.05) is 6.04 Å². The number of amides is 2. The molecule has 2 unspecified atom stereocenters. The summed E-state index contributed by atoms with van der Waals surface area (Å²) in [7, 11) is 0. The molecule has 16 heavy (non-hydrogen) atoms. The van der Waals surface area contributed by atoms with Crippen LogP contribution >= 0.6 is 0 Å². The van der Waals surface area contributed by atoms with Crippen LogP contribution in [0.4, 0.5) is 0 Å². The SMILES string of the molecule is Cc1ccc2c(c1)C(=O)N(C1CC1N)C2=O. The highest BCUT2D eigenvalue weighted by molar-refractivity contribution is 6.21. The van der Waals surface area contributed by atoms with E-state index < -0.39 is 0 Å². The molecule has 0 radical (unpaired) electrons. The first kappa shape index (κ1) is 9.54. The number of rotatable bonds is 1. The fraction of sp³-hybridized carbons (Fsp3) is 0.333. The monoisotopic (exact) mass is 216 g/mol. The van der Waals surface area contributed by atoms with E-state index in [4.69, 9.17) is 5.73 Å². The predicted octanol–water partition coefficient (Wildman–Crippen LogP) is 0.691. The number of hydrogen-bond acceptors (Lipinski definition) is 3. The van der Waals surface area contributed by atoms with Gasteiger partial charge in [-0.15, -0.1) is 0 Å². The van der Waals surface area contributed by atoms with Crippen LogP contribution in [0.3, 0.4) is 0 Å². The van der Waals surface area contributed by atoms with Crippen LogP contribution in [0.5, 0.6) is 0 Å². The molecule has 3 rings (SSSR count). The Hall–Kier alpha value is -1.68. The Morgan fingerprint density at radius 2 is 1.88 bits per heavy atom. The van der Waals surface area contributed by atoms with Gasteiger partial charge in [-0.3, -0.25) is 14.5 Å². The van der Waals surface area contributed by atoms with Crippen molar-refractivity contribution >= 4 is 11.8 Å². The van der Waals surface area contributed by atoms with Crippen molar-refractivity contribution in [1.82, 2.24) is 4.90 Å². The first-order chi connectivity index (χ1) is 7.59. The van der Waals surface area contributed by atoms with Crippen molar-refractivity contribution in [2.45, 2.75) is 25.4 Å². The Morgan fingerprint density at radius 3 is 2.50 bits per heavy atom. The standard InChI is InChI=1S/C12H12N2O2/c1-6-2-3-7-8(4-6)12(16)14(11(7)15)10-5-9(10)13/h2-4,9-10H,5,13H2,1H3. The third-order valence-electron chi connectivity index (χ3n) is 3.21. The van der Waals surface area contributed by atoms with E-state index in [0.29, 0.717) is 11.1 Å². The Kier molecular flexibility index (Phi) is 1.74. The molecule has 2 N–H and O–H groups in total. The molecule has 4 heteroatoms. The number of benzene rings is 1. The van der Waals surface area contributed by atoms with Gasteiger partial charge >= 0.3 is 0 Å². The average molecular weight is 216 g/mol. The van der Waals surface area contributed by atoms with Gasteiger partial charge in [0.15, 0.2) is 0 Å². The quantitative estimate of drug-likeness (QED) is 0.702. The van der Waals surface area contributed by atoms with Crippen molar-refractivity contribution in [2.75, 3.05) is 0 Å². The molecule has 1 aliphatic heterocycles. The first-order valence-electron chi connectivity index (χ1n) is 5.33. The fourth-order valence-electron chi connectivity index (χ4n) is 2.17. The smallest absolute Gasteiger partial charge is 0.261 e. The number of hydrogen-bond donors (Lipinski definition) is 1. The van der Waals surface area contributed by atoms with Gasteiger partial charge in [0.25, 0.3) is 11.8 Å². The van der Waals surface area contributed by atoms with Gasteiger partial charge < -0.3 is 5.73 Å². The summed E-state index contributed by atoms with van der Waals surface area (Å²) in [5.41, 5.74) is 7.70. The van der Waals surface area contributed by atoms with E-state index in [0.717, 1.165) is 12.0 Å². The van der Waals surface area contributed by atoms with Crippen LogP contribution in [-0.4, -0.2) is 28.8 Å². The van der Waals surface area contributed by atoms with E-state index in [1.165, 1.54) is 4.90 Å². The van der Waals surface area contributed by atoms with Crippen molar-refractivity contribution < 1.29 is 9.59 Å². The minimum absolute atomic E-state index is 0.0386. The number of carbonyl (C=O) groups excluding carboxylic acids is 2. The maximum Gasteiger partial charge on any atom is 0.261 e. The van der Waals surface area contributed by atoms with E-state index in [2.05, 4.69) is 0 Å². The van der Waals surface area contributed by atoms with Gasteiger partial charge in [-0.1, -0.05) is 11.6 Å². The van der Waals surface area contributed by atoms with E-state index >= 15 is 0 Å². The molecule has 1 aromatic carbocycles. The lowest BCUT2D eigenvalue weighted by atomic mass is 10.1. The van der Waals surface area contributed by atoms with Crippen LogP contribution in [0.25, 0.3) is 0 Å². The lowest BCUT2D eigenvalue weighted by Gasteiger charge is -2.12. The summed E-state index contributed by atoms with van der Waals surface area (Å²) in [6.45, 7) is 1.91. The first-order valence-corrected chi connectivity index (χ1v) is 5.33. The molecule has 1 saturated carbocycles. The molecule has 2 amide bonds. The Balaban J connectivity index is 2.06. The fourth-order valence-corrected chi connectivity index (χ4v) is 2.17. The van der Waals surface area contributed by atoms with Crippen LogP contribution in [0, 0.1) is 6.92 Å². The zero-order chi connectivity index (χ0) is 11.4. The topological polar surface area (TPSA) is 63.4 Å². The number of carbonyl (C=O) groups is 2. The highest BCUT2D eigenvalue weighted by Gasteiger charge is 2.49. The summed E-state index contributed by atoms with van der Waals surface area (Å²) >= 11 is 0. The highest BCUT2D eigenvalue weighted by Crippen LogP contribution is 2.34. The molecule has 1 aromatic rings. The molecule has 0 saturated heterocycles. The van der Waals surface area contributed by atoms with Gasteiger partial charge in [-0.2, -0.15) is 0 Å². The Bertz CT molecular complexity index is 510. The summed E-state index contributed by atoms with van der Waals surface area (Å²) in [4.78, 5) is 25.3. The molecule has 4 nitrogen and oxygen atoms in total. The number of nitrogens with zero attached hydrogens (tertiary/aromatic N) is 1. The van der Waals surface area contributed by atoms with Crippen LogP contribution < -0.4 is 5.73 Å². The number of imide groups is 1. The molecular weight excluding hydrogens is 204 g/mol. The number of fused-ring (bicyclic) bond motifs is 1. The molecule has 0 bridgehead atoms. The molecule has 2 aliphatic rings. The zero-order valence-electron chi connectivity index (χ0n) is 8.93. The largest absolute Gasteiger partial charge is 0.326 e. The van der Waals surface area contributed by atoms with Crippen molar-refractivity contribution in [3.05, 3.63) is 34.9 Å². The summed E-state index contributed by atoms with van der Waals surface area (Å²) in [5, 5.41) is 0. The number of nitrogens with two attached hydrogens (primary N) is 1. The van der Waals surface area contributed by atoms with Crippen LogP contribution in [-0.2, 0) is 0 Å². The predicted molar refractivity (Wildman–Crippen MR) is 58.1 cm³/mol. The lowest BCUT2D eigenvalue weighted by Crippen LogP contribution is -2.35. The summed E-state index contributed by atoms with van der Waals surface area (Å²) in [5.74, 6) is -0.389. The Morgan fingerprint density at radius 1 is 1.25 bits per heavy atom. The van der Waals surface area contributed by atoms with Crippen molar-refractivity contribution in [2.24, 2.45) is 5.73 Å². The van der Waals surface area contributed by atoms with E-state index in [1.54, 1.807) is 12.1 Å². The van der Waals surface area contributed by atoms with E-state index in [-0.39, 0.29) is 23.9 Å². The molecule has 1 fully saturated rings. The van der Waals surface area contributed by atoms with Crippen molar-refractivity contribution in [3.8, 4) is 0 Å². The maximum atomic E-state index is 12.0. The van der Waals surface area contributed by atoms with Gasteiger partial charge in [0.05, 0.1) is 17.2 Å². The van der Waals surface area contributed by atoms with Gasteiger partial charge in [-0.25, -0.2) is 0 Å². The van der Waals surface area contributed by atoms with Gasteiger partial charge in [0.1, 0.15) is 0 Å². The van der Waals surface area contributed by atoms with Crippen LogP contribution in [0.2, 0.25) is 0 Å². The Labute approximate surface area is 93.0 Å². The summed E-state index contributed by atoms with van der Waals surface area (Å²) in [6, 6.07) is 5.21. The lowest BCUT2D eigenvalue weighted by molar-refractivity contribution is 0.0639. The van der Waals surface area contributed by atoms with Crippen LogP contribution in [0.15, 0.2) is 18.2 Å². The van der Waals surface area contributed by atoms with Gasteiger partial charge in [-0.05, 0) is 25.5 Å². The minimum Gasteiger partial charge on any atom is -0.326 e. The molecule has 2 atom stereocenters. The zero-order valence-corrected chi connectivity index (χ0v) is 8.93. The van der Waals surface area contributed by atoms with Crippen molar-refractivity contribution in [3.63, 3.8) is 0 Å². The second kappa shape index (κ2) is 2.92. The minimum atomic E-state index is -0.196. The molecule has 82 valence electrons. The molecule has 0 spiro atoms. The molecular formula is C12H12N2O2. The molecule has 1 heterocycles. The summed E-state index contributed by atoms with van der Waals surface area (Å²) < 4.78 is 0. The average Bonchev–Trinajstić information content (AvgIpc) is 2.89. The third-order valence-corrected chi connectivity index (χ3v) is 3.21. The normalized spacial score (nSPS) is 27.2. The molecule has 0 aromatic heterocycles. The second-order valence-electron chi connectivity index (χ2n) is 4.50. The third kappa shape index (κ3) is 1.13. The van der Waals surface area contributed by atoms with E-state index in [9.17, 15) is 9.59 Å². The molecule has 1 aliphatic carbocycles. The van der Waals surface area contributed by atoms with Crippen LogP contribution in [0.1, 0.15) is 32.7 Å². The number of aryl methyl sites for hydroxylation is 1. The highest BCUT2D eigenvalue weighted by atomic mass is 16.2.